The van der Waals surface area contributed by atoms with Crippen molar-refractivity contribution < 1.29 is 24.2 Å². The van der Waals surface area contributed by atoms with E-state index >= 15 is 0 Å². The summed E-state index contributed by atoms with van der Waals surface area (Å²) in [5.41, 5.74) is 3.40. The minimum absolute atomic E-state index is 0. The SMILES string of the molecule is C.CC(C)=CCC/C(C)=C/CC/C(C)=C/CSC[C@H](NC(=O)CCNC(=O)OC(C)(C)C)C(=O)O. The summed E-state index contributed by atoms with van der Waals surface area (Å²) < 4.78 is 5.09. The van der Waals surface area contributed by atoms with Gasteiger partial charge in [0.05, 0.1) is 0 Å². The Hall–Kier alpha value is -2.22. The van der Waals surface area contributed by atoms with Gasteiger partial charge in [0.2, 0.25) is 5.91 Å². The zero-order chi connectivity index (χ0) is 26.1. The summed E-state index contributed by atoms with van der Waals surface area (Å²) in [6.07, 6.45) is 10.2. The third-order valence-electron chi connectivity index (χ3n) is 4.61. The summed E-state index contributed by atoms with van der Waals surface area (Å²) >= 11 is 1.47. The molecule has 0 saturated carbocycles. The van der Waals surface area contributed by atoms with Gasteiger partial charge in [-0.1, -0.05) is 42.4 Å². The Morgan fingerprint density at radius 2 is 1.51 bits per heavy atom. The van der Waals surface area contributed by atoms with Gasteiger partial charge in [-0.3, -0.25) is 4.79 Å². The fraction of sp³-hybridized carbons (Fsp3) is 0.667. The number of allylic oxidation sites excluding steroid dienone is 5. The molecule has 0 rings (SSSR count). The summed E-state index contributed by atoms with van der Waals surface area (Å²) in [6, 6.07) is -0.973. The van der Waals surface area contributed by atoms with Crippen molar-refractivity contribution in [3.8, 4) is 0 Å². The molecule has 3 N–H and O–H groups in total. The zero-order valence-corrected chi connectivity index (χ0v) is 22.8. The summed E-state index contributed by atoms with van der Waals surface area (Å²) in [5.74, 6) is -0.541. The fourth-order valence-electron chi connectivity index (χ4n) is 2.76. The normalized spacial score (nSPS) is 12.8. The van der Waals surface area contributed by atoms with Crippen molar-refractivity contribution in [1.29, 1.82) is 0 Å². The number of hydrogen-bond donors (Lipinski definition) is 3. The van der Waals surface area contributed by atoms with E-state index in [0.29, 0.717) is 5.75 Å². The Morgan fingerprint density at radius 3 is 2.06 bits per heavy atom. The van der Waals surface area contributed by atoms with Crippen LogP contribution in [0.4, 0.5) is 4.79 Å². The van der Waals surface area contributed by atoms with Crippen LogP contribution >= 0.6 is 11.8 Å². The van der Waals surface area contributed by atoms with Crippen LogP contribution in [0.25, 0.3) is 0 Å². The van der Waals surface area contributed by atoms with E-state index in [4.69, 9.17) is 4.74 Å². The number of carboxylic acid groups (broad SMARTS) is 1. The Balaban J connectivity index is 0. The van der Waals surface area contributed by atoms with Gasteiger partial charge in [-0.15, -0.1) is 0 Å². The molecule has 0 aromatic heterocycles. The van der Waals surface area contributed by atoms with Crippen LogP contribution in [0.1, 0.15) is 88.0 Å². The lowest BCUT2D eigenvalue weighted by Gasteiger charge is -2.19. The van der Waals surface area contributed by atoms with E-state index < -0.39 is 29.6 Å². The van der Waals surface area contributed by atoms with E-state index in [1.165, 1.54) is 28.5 Å². The number of carbonyl (C=O) groups excluding carboxylic acids is 2. The number of alkyl carbamates (subject to hydrolysis) is 1. The minimum atomic E-state index is -1.07. The highest BCUT2D eigenvalue weighted by molar-refractivity contribution is 7.99. The number of nitrogens with one attached hydrogen (secondary N) is 2. The lowest BCUT2D eigenvalue weighted by atomic mass is 10.1. The van der Waals surface area contributed by atoms with Gasteiger partial charge in [0.15, 0.2) is 0 Å². The first-order chi connectivity index (χ1) is 15.8. The van der Waals surface area contributed by atoms with E-state index in [1.807, 2.05) is 0 Å². The molecule has 0 aliphatic heterocycles. The molecule has 0 aliphatic rings. The quantitative estimate of drug-likeness (QED) is 0.177. The van der Waals surface area contributed by atoms with Crippen LogP contribution in [0, 0.1) is 0 Å². The number of ether oxygens (including phenoxy) is 1. The van der Waals surface area contributed by atoms with Crippen LogP contribution in [0.2, 0.25) is 0 Å². The molecule has 0 aromatic rings. The molecule has 202 valence electrons. The maximum atomic E-state index is 12.0. The smallest absolute Gasteiger partial charge is 0.407 e. The van der Waals surface area contributed by atoms with E-state index in [-0.39, 0.29) is 26.1 Å². The highest BCUT2D eigenvalue weighted by Gasteiger charge is 2.20. The highest BCUT2D eigenvalue weighted by Crippen LogP contribution is 2.13. The van der Waals surface area contributed by atoms with Gasteiger partial charge < -0.3 is 20.5 Å². The van der Waals surface area contributed by atoms with Gasteiger partial charge in [0, 0.05) is 24.5 Å². The molecule has 0 radical (unpaired) electrons. The van der Waals surface area contributed by atoms with Crippen LogP contribution in [-0.4, -0.2) is 52.8 Å². The Morgan fingerprint density at radius 1 is 0.943 bits per heavy atom. The van der Waals surface area contributed by atoms with E-state index in [2.05, 4.69) is 56.6 Å². The summed E-state index contributed by atoms with van der Waals surface area (Å²) in [6.45, 7) is 13.8. The van der Waals surface area contributed by atoms with Gasteiger partial charge in [-0.05, 0) is 74.1 Å². The Bertz CT molecular complexity index is 747. The second-order valence-corrected chi connectivity index (χ2v) is 10.7. The molecule has 35 heavy (non-hydrogen) atoms. The summed E-state index contributed by atoms with van der Waals surface area (Å²) in [7, 11) is 0. The molecule has 2 amide bonds. The molecule has 1 atom stereocenters. The molecular formula is C27H48N2O5S. The molecule has 0 aromatic carbocycles. The number of amides is 2. The lowest BCUT2D eigenvalue weighted by molar-refractivity contribution is -0.141. The van der Waals surface area contributed by atoms with Crippen molar-refractivity contribution in [3.63, 3.8) is 0 Å². The molecule has 0 aliphatic carbocycles. The monoisotopic (exact) mass is 512 g/mol. The van der Waals surface area contributed by atoms with Crippen molar-refractivity contribution >= 4 is 29.7 Å². The van der Waals surface area contributed by atoms with Crippen LogP contribution in [0.5, 0.6) is 0 Å². The third kappa shape index (κ3) is 22.0. The second-order valence-electron chi connectivity index (χ2n) is 9.63. The number of thioether (sulfide) groups is 1. The summed E-state index contributed by atoms with van der Waals surface area (Å²) in [4.78, 5) is 35.1. The van der Waals surface area contributed by atoms with Crippen molar-refractivity contribution in [2.24, 2.45) is 0 Å². The second kappa shape index (κ2) is 19.0. The minimum Gasteiger partial charge on any atom is -0.480 e. The van der Waals surface area contributed by atoms with Crippen molar-refractivity contribution in [3.05, 3.63) is 34.9 Å². The Kier molecular flexibility index (Phi) is 19.0. The molecular weight excluding hydrogens is 464 g/mol. The molecule has 0 bridgehead atoms. The van der Waals surface area contributed by atoms with Crippen LogP contribution in [-0.2, 0) is 14.3 Å². The van der Waals surface area contributed by atoms with Gasteiger partial charge >= 0.3 is 12.1 Å². The zero-order valence-electron chi connectivity index (χ0n) is 22.0. The van der Waals surface area contributed by atoms with Crippen molar-refractivity contribution in [1.82, 2.24) is 10.6 Å². The number of carbonyl (C=O) groups is 3. The first-order valence-electron chi connectivity index (χ1n) is 11.8. The van der Waals surface area contributed by atoms with Crippen LogP contribution < -0.4 is 10.6 Å². The van der Waals surface area contributed by atoms with Crippen LogP contribution in [0.15, 0.2) is 34.9 Å². The van der Waals surface area contributed by atoms with E-state index in [1.54, 1.807) is 20.8 Å². The van der Waals surface area contributed by atoms with Crippen molar-refractivity contribution in [2.45, 2.75) is 99.6 Å². The molecule has 0 spiro atoms. The summed E-state index contributed by atoms with van der Waals surface area (Å²) in [5, 5.41) is 14.4. The first-order valence-corrected chi connectivity index (χ1v) is 13.0. The first kappa shape index (κ1) is 34.9. The van der Waals surface area contributed by atoms with Crippen LogP contribution in [0.3, 0.4) is 0 Å². The average Bonchev–Trinajstić information content (AvgIpc) is 2.68. The van der Waals surface area contributed by atoms with Crippen molar-refractivity contribution in [2.75, 3.05) is 18.1 Å². The van der Waals surface area contributed by atoms with Gasteiger partial charge in [0.25, 0.3) is 0 Å². The molecule has 8 heteroatoms. The van der Waals surface area contributed by atoms with Gasteiger partial charge in [0.1, 0.15) is 11.6 Å². The number of rotatable bonds is 15. The maximum absolute atomic E-state index is 12.0. The largest absolute Gasteiger partial charge is 0.480 e. The highest BCUT2D eigenvalue weighted by atomic mass is 32.2. The van der Waals surface area contributed by atoms with E-state index in [9.17, 15) is 19.5 Å². The molecule has 0 saturated heterocycles. The molecule has 0 fully saturated rings. The predicted molar refractivity (Wildman–Crippen MR) is 148 cm³/mol. The topological polar surface area (TPSA) is 105 Å². The van der Waals surface area contributed by atoms with Gasteiger partial charge in [-0.25, -0.2) is 9.59 Å². The number of carboxylic acids is 1. The number of hydrogen-bond acceptors (Lipinski definition) is 5. The van der Waals surface area contributed by atoms with E-state index in [0.717, 1.165) is 25.7 Å². The number of aliphatic carboxylic acids is 1. The fourth-order valence-corrected chi connectivity index (χ4v) is 3.76. The third-order valence-corrected chi connectivity index (χ3v) is 5.58. The predicted octanol–water partition coefficient (Wildman–Crippen LogP) is 6.26. The average molecular weight is 513 g/mol. The standard InChI is InChI=1S/C26H44N2O5S.CH4/c1-19(2)10-8-11-20(3)12-9-13-21(4)15-17-34-18-22(24(30)31)28-23(29)14-16-27-25(32)33-26(5,6)7;/h10,12,15,22H,8-9,11,13-14,16-18H2,1-7H3,(H,27,32)(H,28,29)(H,30,31);1H4/b20-12+,21-15+;/t22-;/m0./s1. The molecule has 7 nitrogen and oxygen atoms in total. The molecule has 0 unspecified atom stereocenters. The Labute approximate surface area is 217 Å². The van der Waals surface area contributed by atoms with Gasteiger partial charge in [-0.2, -0.15) is 11.8 Å². The maximum Gasteiger partial charge on any atom is 0.407 e. The molecule has 0 heterocycles. The lowest BCUT2D eigenvalue weighted by Crippen LogP contribution is -2.43.